The van der Waals surface area contributed by atoms with E-state index in [1.54, 1.807) is 7.11 Å². The molecule has 3 rings (SSSR count). The van der Waals surface area contributed by atoms with Gasteiger partial charge in [-0.05, 0) is 49.1 Å². The van der Waals surface area contributed by atoms with Gasteiger partial charge in [0.1, 0.15) is 0 Å². The number of hydrogen-bond acceptors (Lipinski definition) is 4. The van der Waals surface area contributed by atoms with E-state index >= 15 is 0 Å². The van der Waals surface area contributed by atoms with E-state index in [-0.39, 0.29) is 23.6 Å². The number of unbranched alkanes of at least 4 members (excludes halogenated alkanes) is 1. The molecule has 1 saturated carbocycles. The van der Waals surface area contributed by atoms with Crippen molar-refractivity contribution in [1.82, 2.24) is 0 Å². The van der Waals surface area contributed by atoms with Crippen molar-refractivity contribution in [3.05, 3.63) is 30.3 Å². The minimum Gasteiger partial charge on any atom is -0.392 e. The van der Waals surface area contributed by atoms with Gasteiger partial charge in [-0.25, -0.2) is 0 Å². The van der Waals surface area contributed by atoms with Crippen LogP contribution in [0.5, 0.6) is 0 Å². The quantitative estimate of drug-likeness (QED) is 0.618. The Labute approximate surface area is 172 Å². The molecule has 1 saturated heterocycles. The summed E-state index contributed by atoms with van der Waals surface area (Å²) in [6, 6.07) is 9.64. The normalized spacial score (nSPS) is 31.3. The predicted octanol–water partition coefficient (Wildman–Crippen LogP) is 4.53. The smallest absolute Gasteiger partial charge is 0.157 e. The maximum absolute atomic E-state index is 13.6. The van der Waals surface area contributed by atoms with Crippen molar-refractivity contribution < 1.29 is 18.8 Å². The van der Waals surface area contributed by atoms with Gasteiger partial charge in [0.2, 0.25) is 0 Å². The first-order valence-electron chi connectivity index (χ1n) is 10.9. The lowest BCUT2D eigenvalue weighted by molar-refractivity contribution is -0.114. The molecule has 0 bridgehead atoms. The van der Waals surface area contributed by atoms with Crippen LogP contribution >= 0.6 is 0 Å². The Morgan fingerprint density at radius 2 is 2.04 bits per heavy atom. The van der Waals surface area contributed by atoms with E-state index in [0.29, 0.717) is 18.3 Å². The van der Waals surface area contributed by atoms with E-state index in [0.717, 1.165) is 30.6 Å². The molecule has 8 atom stereocenters. The molecule has 2 fully saturated rings. The zero-order chi connectivity index (χ0) is 20.1. The molecule has 28 heavy (non-hydrogen) atoms. The topological polar surface area (TPSA) is 55.8 Å². The van der Waals surface area contributed by atoms with Gasteiger partial charge in [-0.2, -0.15) is 0 Å². The summed E-state index contributed by atoms with van der Waals surface area (Å²) in [7, 11) is 0.453. The molecule has 1 aliphatic heterocycles. The van der Waals surface area contributed by atoms with Crippen LogP contribution in [-0.4, -0.2) is 40.2 Å². The molecule has 0 spiro atoms. The van der Waals surface area contributed by atoms with Gasteiger partial charge in [-0.1, -0.05) is 51.3 Å². The lowest BCUT2D eigenvalue weighted by Gasteiger charge is -2.32. The average Bonchev–Trinajstić information content (AvgIpc) is 3.28. The van der Waals surface area contributed by atoms with Gasteiger partial charge in [0.15, 0.2) is 6.29 Å². The molecule has 0 amide bonds. The lowest BCUT2D eigenvalue weighted by atomic mass is 9.85. The molecule has 0 radical (unpaired) electrons. The summed E-state index contributed by atoms with van der Waals surface area (Å²) in [5.41, 5.74) is 0. The van der Waals surface area contributed by atoms with E-state index < -0.39 is 16.9 Å². The molecule has 1 aromatic carbocycles. The van der Waals surface area contributed by atoms with Crippen LogP contribution < -0.4 is 0 Å². The standard InChI is InChI=1S/C23H36O4S/c1-4-5-9-16(2)14-20(24)23(28(25)17-10-7-6-8-11-17)18-12-13-21-19(18)15-22(26-3)27-21/h6-8,10-11,16,18-24H,4-5,9,12-15H2,1-3H3/t16?,18?,19-,20?,21+,22?,23?,28?/m0/s1. The zero-order valence-corrected chi connectivity index (χ0v) is 18.3. The third kappa shape index (κ3) is 5.05. The van der Waals surface area contributed by atoms with E-state index in [9.17, 15) is 9.32 Å². The van der Waals surface area contributed by atoms with Crippen molar-refractivity contribution in [2.24, 2.45) is 17.8 Å². The summed E-state index contributed by atoms with van der Waals surface area (Å²) in [6.07, 6.45) is 6.41. The van der Waals surface area contributed by atoms with Crippen molar-refractivity contribution in [2.45, 2.75) is 87.4 Å². The van der Waals surface area contributed by atoms with Gasteiger partial charge in [-0.3, -0.25) is 4.21 Å². The Balaban J connectivity index is 1.79. The third-order valence-electron chi connectivity index (χ3n) is 6.58. The molecule has 1 aromatic rings. The summed E-state index contributed by atoms with van der Waals surface area (Å²) in [5, 5.41) is 11.0. The summed E-state index contributed by atoms with van der Waals surface area (Å²) >= 11 is 0. The number of ether oxygens (including phenoxy) is 2. The average molecular weight is 409 g/mol. The Hall–Kier alpha value is -0.750. The lowest BCUT2D eigenvalue weighted by Crippen LogP contribution is -2.40. The number of aliphatic hydroxyl groups is 1. The van der Waals surface area contributed by atoms with E-state index in [2.05, 4.69) is 13.8 Å². The van der Waals surface area contributed by atoms with Crippen LogP contribution in [0.15, 0.2) is 35.2 Å². The van der Waals surface area contributed by atoms with Gasteiger partial charge in [0.25, 0.3) is 0 Å². The van der Waals surface area contributed by atoms with Crippen molar-refractivity contribution in [2.75, 3.05) is 7.11 Å². The zero-order valence-electron chi connectivity index (χ0n) is 17.5. The van der Waals surface area contributed by atoms with Crippen LogP contribution in [0.25, 0.3) is 0 Å². The van der Waals surface area contributed by atoms with E-state index in [1.165, 1.54) is 12.8 Å². The van der Waals surface area contributed by atoms with Crippen molar-refractivity contribution in [3.63, 3.8) is 0 Å². The molecule has 5 heteroatoms. The van der Waals surface area contributed by atoms with Crippen LogP contribution in [-0.2, 0) is 20.3 Å². The van der Waals surface area contributed by atoms with E-state index in [1.807, 2.05) is 30.3 Å². The van der Waals surface area contributed by atoms with Gasteiger partial charge in [0, 0.05) is 18.4 Å². The maximum atomic E-state index is 13.6. The minimum absolute atomic E-state index is 0.163. The van der Waals surface area contributed by atoms with Gasteiger partial charge < -0.3 is 14.6 Å². The molecule has 2 aliphatic rings. The molecule has 1 N–H and O–H groups in total. The van der Waals surface area contributed by atoms with Gasteiger partial charge >= 0.3 is 0 Å². The number of fused-ring (bicyclic) bond motifs is 1. The summed E-state index contributed by atoms with van der Waals surface area (Å²) in [4.78, 5) is 0.818. The third-order valence-corrected chi connectivity index (χ3v) is 8.48. The van der Waals surface area contributed by atoms with E-state index in [4.69, 9.17) is 9.47 Å². The fourth-order valence-electron chi connectivity index (χ4n) is 5.10. The molecule has 1 aliphatic carbocycles. The van der Waals surface area contributed by atoms with Gasteiger partial charge in [-0.15, -0.1) is 0 Å². The highest BCUT2D eigenvalue weighted by atomic mass is 32.2. The van der Waals surface area contributed by atoms with Crippen LogP contribution in [0, 0.1) is 17.8 Å². The largest absolute Gasteiger partial charge is 0.392 e. The molecule has 0 aromatic heterocycles. The molecule has 6 unspecified atom stereocenters. The molecular formula is C23H36O4S. The molecule has 158 valence electrons. The van der Waals surface area contributed by atoms with Crippen molar-refractivity contribution in [3.8, 4) is 0 Å². The summed E-state index contributed by atoms with van der Waals surface area (Å²) in [5.74, 6) is 0.969. The van der Waals surface area contributed by atoms with Crippen LogP contribution in [0.1, 0.15) is 58.8 Å². The number of aliphatic hydroxyl groups excluding tert-OH is 1. The second-order valence-corrected chi connectivity index (χ2v) is 10.2. The van der Waals surface area contributed by atoms with Crippen LogP contribution in [0.2, 0.25) is 0 Å². The Bertz CT molecular complexity index is 622. The first kappa shape index (κ1) is 21.9. The minimum atomic E-state index is -1.23. The van der Waals surface area contributed by atoms with Crippen LogP contribution in [0.4, 0.5) is 0 Å². The van der Waals surface area contributed by atoms with Crippen molar-refractivity contribution >= 4 is 10.8 Å². The molecule has 4 nitrogen and oxygen atoms in total. The number of benzene rings is 1. The number of methoxy groups -OCH3 is 1. The first-order chi connectivity index (χ1) is 13.5. The Kier molecular flexibility index (Phi) is 8.10. The highest BCUT2D eigenvalue weighted by Gasteiger charge is 2.50. The monoisotopic (exact) mass is 408 g/mol. The van der Waals surface area contributed by atoms with Crippen molar-refractivity contribution in [1.29, 1.82) is 0 Å². The predicted molar refractivity (Wildman–Crippen MR) is 112 cm³/mol. The summed E-state index contributed by atoms with van der Waals surface area (Å²) in [6.45, 7) is 4.40. The SMILES string of the molecule is CCCCC(C)CC(O)C(C1CC[C@H]2OC(OC)C[C@@H]12)S(=O)c1ccccc1. The number of rotatable bonds is 10. The Morgan fingerprint density at radius 3 is 2.71 bits per heavy atom. The number of hydrogen-bond donors (Lipinski definition) is 1. The molecule has 1 heterocycles. The second-order valence-electron chi connectivity index (χ2n) is 8.61. The second kappa shape index (κ2) is 10.3. The Morgan fingerprint density at radius 1 is 1.29 bits per heavy atom. The first-order valence-corrected chi connectivity index (χ1v) is 12.1. The van der Waals surface area contributed by atoms with Gasteiger partial charge in [0.05, 0.1) is 28.3 Å². The highest BCUT2D eigenvalue weighted by Crippen LogP contribution is 2.47. The fraction of sp³-hybridized carbons (Fsp3) is 0.739. The highest BCUT2D eigenvalue weighted by molar-refractivity contribution is 7.85. The molecular weight excluding hydrogens is 372 g/mol. The fourth-order valence-corrected chi connectivity index (χ4v) is 6.90. The van der Waals surface area contributed by atoms with Crippen LogP contribution in [0.3, 0.4) is 0 Å². The maximum Gasteiger partial charge on any atom is 0.157 e. The summed E-state index contributed by atoms with van der Waals surface area (Å²) < 4.78 is 25.0.